The van der Waals surface area contributed by atoms with Crippen LogP contribution in [0.1, 0.15) is 25.3 Å². The van der Waals surface area contributed by atoms with Crippen LogP contribution in [0, 0.1) is 0 Å². The predicted octanol–water partition coefficient (Wildman–Crippen LogP) is 4.12. The highest BCUT2D eigenvalue weighted by Gasteiger charge is 2.06. The van der Waals surface area contributed by atoms with Crippen molar-refractivity contribution in [1.82, 2.24) is 4.98 Å². The van der Waals surface area contributed by atoms with Crippen molar-refractivity contribution >= 4 is 26.8 Å². The molecule has 1 nitrogen and oxygen atoms in total. The number of hydrogen-bond donors (Lipinski definition) is 0. The van der Waals surface area contributed by atoms with Crippen LogP contribution in [0.15, 0.2) is 34.9 Å². The SMILES string of the molecule is CC(C)c1cc(Br)cc2cccnc12. The smallest absolute Gasteiger partial charge is 0.0737 e. The summed E-state index contributed by atoms with van der Waals surface area (Å²) in [7, 11) is 0. The monoisotopic (exact) mass is 249 g/mol. The number of halogens is 1. The third kappa shape index (κ3) is 1.67. The molecule has 0 radical (unpaired) electrons. The summed E-state index contributed by atoms with van der Waals surface area (Å²) in [4.78, 5) is 4.42. The van der Waals surface area contributed by atoms with E-state index in [1.165, 1.54) is 10.9 Å². The molecule has 0 N–H and O–H groups in total. The fourth-order valence-electron chi connectivity index (χ4n) is 1.62. The predicted molar refractivity (Wildman–Crippen MR) is 63.5 cm³/mol. The molecule has 0 bridgehead atoms. The Balaban J connectivity index is 2.80. The maximum Gasteiger partial charge on any atom is 0.0737 e. The molecule has 2 heteroatoms. The lowest BCUT2D eigenvalue weighted by Gasteiger charge is -2.09. The van der Waals surface area contributed by atoms with Gasteiger partial charge in [-0.3, -0.25) is 4.98 Å². The quantitative estimate of drug-likeness (QED) is 0.741. The average Bonchev–Trinajstić information content (AvgIpc) is 2.16. The largest absolute Gasteiger partial charge is 0.256 e. The van der Waals surface area contributed by atoms with Crippen molar-refractivity contribution in [3.8, 4) is 0 Å². The zero-order valence-electron chi connectivity index (χ0n) is 8.29. The molecule has 1 aromatic carbocycles. The molecule has 0 saturated carbocycles. The van der Waals surface area contributed by atoms with E-state index in [-0.39, 0.29) is 0 Å². The van der Waals surface area contributed by atoms with Gasteiger partial charge in [0.2, 0.25) is 0 Å². The summed E-state index contributed by atoms with van der Waals surface area (Å²) in [5, 5.41) is 1.20. The second-order valence-corrected chi connectivity index (χ2v) is 4.64. The molecule has 14 heavy (non-hydrogen) atoms. The van der Waals surface area contributed by atoms with Gasteiger partial charge >= 0.3 is 0 Å². The summed E-state index contributed by atoms with van der Waals surface area (Å²) in [6.07, 6.45) is 1.85. The van der Waals surface area contributed by atoms with Crippen LogP contribution in [-0.4, -0.2) is 4.98 Å². The fraction of sp³-hybridized carbons (Fsp3) is 0.250. The van der Waals surface area contributed by atoms with E-state index in [1.54, 1.807) is 0 Å². The van der Waals surface area contributed by atoms with Crippen molar-refractivity contribution < 1.29 is 0 Å². The molecule has 0 amide bonds. The van der Waals surface area contributed by atoms with E-state index in [2.05, 4.69) is 53.0 Å². The first-order chi connectivity index (χ1) is 6.68. The minimum atomic E-state index is 0.505. The molecule has 0 aliphatic rings. The van der Waals surface area contributed by atoms with Gasteiger partial charge in [-0.2, -0.15) is 0 Å². The van der Waals surface area contributed by atoms with Gasteiger partial charge in [0.1, 0.15) is 0 Å². The van der Waals surface area contributed by atoms with Crippen LogP contribution in [-0.2, 0) is 0 Å². The van der Waals surface area contributed by atoms with Crippen LogP contribution in [0.3, 0.4) is 0 Å². The highest BCUT2D eigenvalue weighted by Crippen LogP contribution is 2.27. The van der Waals surface area contributed by atoms with Gasteiger partial charge in [0.25, 0.3) is 0 Å². The standard InChI is InChI=1S/C12H12BrN/c1-8(2)11-7-10(13)6-9-4-3-5-14-12(9)11/h3-8H,1-2H3. The molecule has 0 atom stereocenters. The first-order valence-electron chi connectivity index (χ1n) is 4.72. The van der Waals surface area contributed by atoms with Gasteiger partial charge in [0, 0.05) is 16.1 Å². The Morgan fingerprint density at radius 3 is 2.79 bits per heavy atom. The van der Waals surface area contributed by atoms with Crippen molar-refractivity contribution in [1.29, 1.82) is 0 Å². The van der Waals surface area contributed by atoms with Crippen molar-refractivity contribution in [2.75, 3.05) is 0 Å². The van der Waals surface area contributed by atoms with Gasteiger partial charge in [0.15, 0.2) is 0 Å². The molecule has 2 aromatic rings. The van der Waals surface area contributed by atoms with E-state index in [0.717, 1.165) is 9.99 Å². The lowest BCUT2D eigenvalue weighted by Crippen LogP contribution is -1.91. The van der Waals surface area contributed by atoms with Crippen molar-refractivity contribution in [3.63, 3.8) is 0 Å². The van der Waals surface area contributed by atoms with Gasteiger partial charge in [-0.05, 0) is 29.7 Å². The van der Waals surface area contributed by atoms with Crippen LogP contribution in [0.25, 0.3) is 10.9 Å². The number of nitrogens with zero attached hydrogens (tertiary/aromatic N) is 1. The molecule has 1 aromatic heterocycles. The molecule has 0 spiro atoms. The van der Waals surface area contributed by atoms with Crippen molar-refractivity contribution in [2.45, 2.75) is 19.8 Å². The molecule has 0 aliphatic heterocycles. The van der Waals surface area contributed by atoms with E-state index in [4.69, 9.17) is 0 Å². The normalized spacial score (nSPS) is 11.1. The molecule has 72 valence electrons. The molecular weight excluding hydrogens is 238 g/mol. The fourth-order valence-corrected chi connectivity index (χ4v) is 2.12. The van der Waals surface area contributed by atoms with Crippen LogP contribution < -0.4 is 0 Å². The summed E-state index contributed by atoms with van der Waals surface area (Å²) in [6.45, 7) is 4.38. The number of rotatable bonds is 1. The van der Waals surface area contributed by atoms with Gasteiger partial charge in [-0.25, -0.2) is 0 Å². The van der Waals surface area contributed by atoms with E-state index < -0.39 is 0 Å². The molecule has 0 aliphatic carbocycles. The summed E-state index contributed by atoms with van der Waals surface area (Å²) in [6, 6.07) is 8.33. The van der Waals surface area contributed by atoms with Gasteiger partial charge < -0.3 is 0 Å². The van der Waals surface area contributed by atoms with Gasteiger partial charge in [-0.15, -0.1) is 0 Å². The number of aromatic nitrogens is 1. The van der Waals surface area contributed by atoms with Crippen LogP contribution in [0.5, 0.6) is 0 Å². The highest BCUT2D eigenvalue weighted by molar-refractivity contribution is 9.10. The van der Waals surface area contributed by atoms with Crippen LogP contribution in [0.2, 0.25) is 0 Å². The second kappa shape index (κ2) is 3.70. The maximum atomic E-state index is 4.42. The number of benzene rings is 1. The Morgan fingerprint density at radius 2 is 2.07 bits per heavy atom. The molecule has 0 saturated heterocycles. The molecule has 0 unspecified atom stereocenters. The highest BCUT2D eigenvalue weighted by atomic mass is 79.9. The van der Waals surface area contributed by atoms with Crippen molar-refractivity contribution in [2.24, 2.45) is 0 Å². The Hall–Kier alpha value is -0.890. The molecule has 1 heterocycles. The minimum absolute atomic E-state index is 0.505. The minimum Gasteiger partial charge on any atom is -0.256 e. The number of fused-ring (bicyclic) bond motifs is 1. The summed E-state index contributed by atoms with van der Waals surface area (Å²) in [5.74, 6) is 0.505. The average molecular weight is 250 g/mol. The van der Waals surface area contributed by atoms with E-state index in [0.29, 0.717) is 5.92 Å². The Labute approximate surface area is 92.3 Å². The Bertz CT molecular complexity index is 463. The zero-order valence-corrected chi connectivity index (χ0v) is 9.88. The molecule has 0 fully saturated rings. The van der Waals surface area contributed by atoms with E-state index >= 15 is 0 Å². The zero-order chi connectivity index (χ0) is 10.1. The van der Waals surface area contributed by atoms with Crippen molar-refractivity contribution in [3.05, 3.63) is 40.5 Å². The summed E-state index contributed by atoms with van der Waals surface area (Å²) in [5.41, 5.74) is 2.42. The third-order valence-electron chi connectivity index (χ3n) is 2.32. The van der Waals surface area contributed by atoms with Crippen LogP contribution >= 0.6 is 15.9 Å². The second-order valence-electron chi connectivity index (χ2n) is 3.72. The summed E-state index contributed by atoms with van der Waals surface area (Å²) < 4.78 is 1.13. The lowest BCUT2D eigenvalue weighted by atomic mass is 10.00. The van der Waals surface area contributed by atoms with Gasteiger partial charge in [0.05, 0.1) is 5.52 Å². The van der Waals surface area contributed by atoms with E-state index in [9.17, 15) is 0 Å². The topological polar surface area (TPSA) is 12.9 Å². The maximum absolute atomic E-state index is 4.42. The first kappa shape index (κ1) is 9.66. The lowest BCUT2D eigenvalue weighted by molar-refractivity contribution is 0.872. The third-order valence-corrected chi connectivity index (χ3v) is 2.78. The molecular formula is C12H12BrN. The first-order valence-corrected chi connectivity index (χ1v) is 5.52. The Kier molecular flexibility index (Phi) is 2.55. The van der Waals surface area contributed by atoms with Crippen LogP contribution in [0.4, 0.5) is 0 Å². The Morgan fingerprint density at radius 1 is 1.29 bits per heavy atom. The molecule has 2 rings (SSSR count). The summed E-state index contributed by atoms with van der Waals surface area (Å²) >= 11 is 3.52. The number of pyridine rings is 1. The van der Waals surface area contributed by atoms with Gasteiger partial charge in [-0.1, -0.05) is 35.8 Å². The van der Waals surface area contributed by atoms with E-state index in [1.807, 2.05) is 12.3 Å². The number of hydrogen-bond acceptors (Lipinski definition) is 1.